The van der Waals surface area contributed by atoms with Gasteiger partial charge in [-0.1, -0.05) is 0 Å². The molecule has 1 aliphatic heterocycles. The number of piperazine rings is 1. The highest BCUT2D eigenvalue weighted by atomic mass is 16.8. The van der Waals surface area contributed by atoms with Crippen LogP contribution in [0.4, 0.5) is 0 Å². The number of Topliss-reactive ketones (excluding diaryl/α,β-unsaturated/α-hetero) is 1. The third-order valence-corrected chi connectivity index (χ3v) is 4.93. The molecule has 0 bridgehead atoms. The van der Waals surface area contributed by atoms with Crippen molar-refractivity contribution < 1.29 is 19.4 Å². The Kier molecular flexibility index (Phi) is 3.62. The van der Waals surface area contributed by atoms with E-state index in [9.17, 15) is 15.2 Å². The number of hydrogen-bond donors (Lipinski definition) is 1. The summed E-state index contributed by atoms with van der Waals surface area (Å²) >= 11 is 0. The Bertz CT molecular complexity index is 968. The van der Waals surface area contributed by atoms with E-state index < -0.39 is 0 Å². The van der Waals surface area contributed by atoms with Crippen LogP contribution in [0.1, 0.15) is 16.1 Å². The van der Waals surface area contributed by atoms with E-state index in [1.54, 1.807) is 13.0 Å². The van der Waals surface area contributed by atoms with E-state index in [2.05, 4.69) is 22.0 Å². The lowest BCUT2D eigenvalue weighted by Gasteiger charge is -2.31. The third-order valence-electron chi connectivity index (χ3n) is 4.93. The van der Waals surface area contributed by atoms with E-state index >= 15 is 0 Å². The summed E-state index contributed by atoms with van der Waals surface area (Å²) in [6.07, 6.45) is 0. The Morgan fingerprint density at radius 1 is 1.36 bits per heavy atom. The van der Waals surface area contributed by atoms with Gasteiger partial charge in [0.1, 0.15) is 5.56 Å². The normalized spacial score (nSPS) is 16.9. The van der Waals surface area contributed by atoms with Crippen molar-refractivity contribution in [3.05, 3.63) is 28.6 Å². The monoisotopic (exact) mass is 345 g/mol. The zero-order valence-corrected chi connectivity index (χ0v) is 14.1. The Hall–Kier alpha value is -2.65. The number of rotatable bonds is 3. The minimum absolute atomic E-state index is 0.123. The van der Waals surface area contributed by atoms with Gasteiger partial charge in [-0.05, 0) is 23.2 Å². The van der Waals surface area contributed by atoms with Crippen LogP contribution in [0, 0.1) is 12.1 Å². The maximum absolute atomic E-state index is 13.0. The summed E-state index contributed by atoms with van der Waals surface area (Å²) < 4.78 is 5.49. The molecule has 0 unspecified atom stereocenters. The minimum Gasteiger partial charge on any atom is -0.618 e. The molecule has 1 aromatic carbocycles. The van der Waals surface area contributed by atoms with Crippen LogP contribution in [-0.4, -0.2) is 70.6 Å². The van der Waals surface area contributed by atoms with Gasteiger partial charge >= 0.3 is 0 Å². The molecule has 0 aliphatic carbocycles. The van der Waals surface area contributed by atoms with E-state index in [-0.39, 0.29) is 12.3 Å². The summed E-state index contributed by atoms with van der Waals surface area (Å²) in [5, 5.41) is 26.4. The standard InChI is InChI=1S/C16H19N5O4/c1-10-14(13(22)9-19-7-5-18(2)6-8-19)15-11(20(10)23)3-4-12-16(15)17-25-21(12)24/h3-4,24H,5-9H2,1-2H3. The highest BCUT2D eigenvalue weighted by Gasteiger charge is 2.30. The van der Waals surface area contributed by atoms with Crippen molar-refractivity contribution in [3.8, 4) is 0 Å². The van der Waals surface area contributed by atoms with Crippen LogP contribution < -0.4 is 4.73 Å². The lowest BCUT2D eigenvalue weighted by molar-refractivity contribution is -0.581. The maximum atomic E-state index is 13.0. The summed E-state index contributed by atoms with van der Waals surface area (Å²) in [4.78, 5) is 17.8. The van der Waals surface area contributed by atoms with Gasteiger partial charge in [0.05, 0.1) is 11.9 Å². The smallest absolute Gasteiger partial charge is 0.227 e. The molecule has 0 saturated carbocycles. The molecule has 3 heterocycles. The molecule has 4 rings (SSSR count). The van der Waals surface area contributed by atoms with Gasteiger partial charge in [-0.25, -0.2) is 4.63 Å². The second-order valence-corrected chi connectivity index (χ2v) is 6.53. The van der Waals surface area contributed by atoms with Gasteiger partial charge in [-0.3, -0.25) is 9.69 Å². The molecule has 1 saturated heterocycles. The van der Waals surface area contributed by atoms with Crippen LogP contribution in [-0.2, 0) is 0 Å². The molecule has 2 aromatic heterocycles. The third kappa shape index (κ3) is 2.43. The molecule has 0 radical (unpaired) electrons. The molecule has 0 amide bonds. The minimum atomic E-state index is -0.123. The Labute approximate surface area is 143 Å². The summed E-state index contributed by atoms with van der Waals surface area (Å²) in [5.74, 6) is -0.123. The topological polar surface area (TPSA) is 102 Å². The van der Waals surface area contributed by atoms with Crippen molar-refractivity contribution in [1.82, 2.24) is 19.9 Å². The SMILES string of the molecule is Cc1c(C(=O)CN2CCN(C)CC2)c2c3non(O)c3ccc2[n+]1[O-]. The molecule has 9 heteroatoms. The zero-order chi connectivity index (χ0) is 17.7. The molecular formula is C16H19N5O4. The first-order valence-electron chi connectivity index (χ1n) is 8.14. The highest BCUT2D eigenvalue weighted by molar-refractivity contribution is 6.16. The molecule has 1 fully saturated rings. The largest absolute Gasteiger partial charge is 0.618 e. The van der Waals surface area contributed by atoms with E-state index in [0.29, 0.717) is 38.1 Å². The fourth-order valence-corrected chi connectivity index (χ4v) is 3.45. The Morgan fingerprint density at radius 3 is 2.80 bits per heavy atom. The second kappa shape index (κ2) is 5.71. The van der Waals surface area contributed by atoms with Crippen LogP contribution >= 0.6 is 0 Å². The number of aromatic nitrogens is 3. The number of benzene rings is 1. The van der Waals surface area contributed by atoms with Gasteiger partial charge in [0, 0.05) is 39.2 Å². The number of fused-ring (bicyclic) bond motifs is 3. The number of likely N-dealkylation sites (N-methyl/N-ethyl adjacent to an activating group) is 1. The lowest BCUT2D eigenvalue weighted by Crippen LogP contribution is -2.46. The Morgan fingerprint density at radius 2 is 2.08 bits per heavy atom. The molecule has 1 N–H and O–H groups in total. The average molecular weight is 345 g/mol. The molecule has 0 spiro atoms. The second-order valence-electron chi connectivity index (χ2n) is 6.53. The quantitative estimate of drug-likeness (QED) is 0.317. The lowest BCUT2D eigenvalue weighted by atomic mass is 10.0. The summed E-state index contributed by atoms with van der Waals surface area (Å²) in [6, 6.07) is 3.10. The van der Waals surface area contributed by atoms with Crippen LogP contribution in [0.25, 0.3) is 21.9 Å². The number of ketones is 1. The number of hydrogen-bond acceptors (Lipinski definition) is 7. The van der Waals surface area contributed by atoms with Gasteiger partial charge in [-0.15, -0.1) is 0 Å². The van der Waals surface area contributed by atoms with E-state index in [1.165, 1.54) is 6.07 Å². The fourth-order valence-electron chi connectivity index (χ4n) is 3.45. The molecule has 25 heavy (non-hydrogen) atoms. The van der Waals surface area contributed by atoms with Gasteiger partial charge < -0.3 is 15.3 Å². The summed E-state index contributed by atoms with van der Waals surface area (Å²) in [6.45, 7) is 5.33. The molecule has 1 aliphatic rings. The fraction of sp³-hybridized carbons (Fsp3) is 0.438. The number of carbonyl (C=O) groups is 1. The number of carbonyl (C=O) groups excluding carboxylic acids is 1. The van der Waals surface area contributed by atoms with Crippen molar-refractivity contribution in [3.63, 3.8) is 0 Å². The van der Waals surface area contributed by atoms with Crippen LogP contribution in [0.2, 0.25) is 0 Å². The maximum Gasteiger partial charge on any atom is 0.227 e. The highest BCUT2D eigenvalue weighted by Crippen LogP contribution is 2.28. The predicted molar refractivity (Wildman–Crippen MR) is 88.7 cm³/mol. The molecule has 3 aromatic rings. The van der Waals surface area contributed by atoms with E-state index in [4.69, 9.17) is 4.63 Å². The summed E-state index contributed by atoms with van der Waals surface area (Å²) in [7, 11) is 2.06. The van der Waals surface area contributed by atoms with Gasteiger partial charge in [-0.2, -0.15) is 4.73 Å². The van der Waals surface area contributed by atoms with Crippen molar-refractivity contribution >= 4 is 27.7 Å². The average Bonchev–Trinajstić information content (AvgIpc) is 3.09. The summed E-state index contributed by atoms with van der Waals surface area (Å²) in [5.41, 5.74) is 1.66. The van der Waals surface area contributed by atoms with Crippen LogP contribution in [0.5, 0.6) is 0 Å². The van der Waals surface area contributed by atoms with Crippen molar-refractivity contribution in [2.24, 2.45) is 0 Å². The molecule has 132 valence electrons. The predicted octanol–water partition coefficient (Wildman–Crippen LogP) is 0.392. The van der Waals surface area contributed by atoms with Crippen molar-refractivity contribution in [1.29, 1.82) is 0 Å². The first-order chi connectivity index (χ1) is 12.0. The van der Waals surface area contributed by atoms with Crippen molar-refractivity contribution in [2.75, 3.05) is 39.8 Å². The molecular weight excluding hydrogens is 326 g/mol. The Balaban J connectivity index is 1.79. The van der Waals surface area contributed by atoms with E-state index in [0.717, 1.165) is 30.9 Å². The first-order valence-corrected chi connectivity index (χ1v) is 8.14. The molecule has 0 atom stereocenters. The van der Waals surface area contributed by atoms with Gasteiger partial charge in [0.2, 0.25) is 11.2 Å². The van der Waals surface area contributed by atoms with Crippen LogP contribution in [0.15, 0.2) is 16.8 Å². The number of nitrogens with zero attached hydrogens (tertiary/aromatic N) is 5. The van der Waals surface area contributed by atoms with Gasteiger partial charge in [0.15, 0.2) is 16.8 Å². The van der Waals surface area contributed by atoms with Crippen LogP contribution in [0.3, 0.4) is 0 Å². The first kappa shape index (κ1) is 15.9. The molecule has 9 nitrogen and oxygen atoms in total. The zero-order valence-electron chi connectivity index (χ0n) is 14.1. The van der Waals surface area contributed by atoms with Gasteiger partial charge in [0.25, 0.3) is 0 Å². The van der Waals surface area contributed by atoms with E-state index in [1.807, 2.05) is 0 Å². The van der Waals surface area contributed by atoms with Crippen molar-refractivity contribution in [2.45, 2.75) is 6.92 Å².